The zero-order valence-corrected chi connectivity index (χ0v) is 11.8. The number of aromatic nitrogens is 3. The average molecular weight is 280 g/mol. The number of nitrogens with one attached hydrogen (secondary N) is 2. The van der Waals surface area contributed by atoms with Crippen molar-refractivity contribution in [1.82, 2.24) is 20.1 Å². The maximum Gasteiger partial charge on any atom is 0.265 e. The van der Waals surface area contributed by atoms with E-state index in [2.05, 4.69) is 20.7 Å². The van der Waals surface area contributed by atoms with E-state index < -0.39 is 0 Å². The minimum atomic E-state index is -0.222. The highest BCUT2D eigenvalue weighted by molar-refractivity contribution is 7.18. The molecule has 19 heavy (non-hydrogen) atoms. The molecular weight excluding hydrogens is 264 g/mol. The van der Waals surface area contributed by atoms with E-state index >= 15 is 0 Å². The molecule has 0 aliphatic carbocycles. The van der Waals surface area contributed by atoms with Crippen molar-refractivity contribution in [2.24, 2.45) is 7.05 Å². The number of hydrogen-bond donors (Lipinski definition) is 3. The lowest BCUT2D eigenvalue weighted by Crippen LogP contribution is -2.23. The molecule has 1 amide bonds. The minimum Gasteiger partial charge on any atom is -0.382 e. The smallest absolute Gasteiger partial charge is 0.265 e. The Balaban J connectivity index is 2.05. The Bertz CT molecular complexity index is 602. The first-order valence-corrected chi connectivity index (χ1v) is 6.54. The van der Waals surface area contributed by atoms with Gasteiger partial charge in [-0.2, -0.15) is 5.10 Å². The molecule has 2 aromatic rings. The third-order valence-corrected chi connectivity index (χ3v) is 3.94. The van der Waals surface area contributed by atoms with Gasteiger partial charge in [-0.1, -0.05) is 11.3 Å². The van der Waals surface area contributed by atoms with Gasteiger partial charge in [0.05, 0.1) is 6.20 Å². The van der Waals surface area contributed by atoms with E-state index in [1.54, 1.807) is 17.9 Å². The number of carbonyl (C=O) groups is 1. The van der Waals surface area contributed by atoms with Crippen LogP contribution in [0.4, 0.5) is 10.9 Å². The molecule has 2 rings (SSSR count). The predicted molar refractivity (Wildman–Crippen MR) is 75.2 cm³/mol. The van der Waals surface area contributed by atoms with E-state index in [9.17, 15) is 4.79 Å². The lowest BCUT2D eigenvalue weighted by molar-refractivity contribution is 0.0955. The molecule has 8 heteroatoms. The number of aryl methyl sites for hydroxylation is 1. The van der Waals surface area contributed by atoms with Crippen molar-refractivity contribution in [3.8, 4) is 0 Å². The highest BCUT2D eigenvalue weighted by Gasteiger charge is 2.16. The van der Waals surface area contributed by atoms with Gasteiger partial charge in [-0.3, -0.25) is 9.48 Å². The van der Waals surface area contributed by atoms with E-state index in [1.165, 1.54) is 11.3 Å². The second-order valence-electron chi connectivity index (χ2n) is 4.04. The highest BCUT2D eigenvalue weighted by Crippen LogP contribution is 2.24. The molecule has 0 radical (unpaired) electrons. The van der Waals surface area contributed by atoms with Crippen molar-refractivity contribution in [3.63, 3.8) is 0 Å². The fourth-order valence-electron chi connectivity index (χ4n) is 1.58. The van der Waals surface area contributed by atoms with Crippen LogP contribution in [-0.2, 0) is 13.6 Å². The van der Waals surface area contributed by atoms with Crippen molar-refractivity contribution in [1.29, 1.82) is 0 Å². The Morgan fingerprint density at radius 3 is 2.84 bits per heavy atom. The van der Waals surface area contributed by atoms with Gasteiger partial charge in [-0.15, -0.1) is 0 Å². The van der Waals surface area contributed by atoms with E-state index in [0.717, 1.165) is 11.3 Å². The monoisotopic (exact) mass is 280 g/mol. The van der Waals surface area contributed by atoms with Crippen LogP contribution in [0.3, 0.4) is 0 Å². The summed E-state index contributed by atoms with van der Waals surface area (Å²) in [6.07, 6.45) is 1.74. The Labute approximate surface area is 114 Å². The van der Waals surface area contributed by atoms with Crippen LogP contribution in [0.15, 0.2) is 6.20 Å². The average Bonchev–Trinajstić information content (AvgIpc) is 2.92. The Kier molecular flexibility index (Phi) is 3.70. The van der Waals surface area contributed by atoms with Crippen LogP contribution < -0.4 is 16.4 Å². The van der Waals surface area contributed by atoms with Gasteiger partial charge in [0.2, 0.25) is 0 Å². The first-order chi connectivity index (χ1) is 9.02. The number of nitrogen functional groups attached to an aromatic ring is 1. The molecule has 2 aromatic heterocycles. The van der Waals surface area contributed by atoms with Crippen LogP contribution in [0.5, 0.6) is 0 Å². The van der Waals surface area contributed by atoms with Crippen LogP contribution in [0.1, 0.15) is 20.9 Å². The number of nitrogens with two attached hydrogens (primary N) is 1. The van der Waals surface area contributed by atoms with Gasteiger partial charge in [-0.25, -0.2) is 4.98 Å². The normalized spacial score (nSPS) is 10.5. The van der Waals surface area contributed by atoms with Gasteiger partial charge in [0.15, 0.2) is 5.13 Å². The van der Waals surface area contributed by atoms with Gasteiger partial charge in [-0.05, 0) is 6.92 Å². The largest absolute Gasteiger partial charge is 0.382 e. The lowest BCUT2D eigenvalue weighted by Gasteiger charge is -2.03. The van der Waals surface area contributed by atoms with Gasteiger partial charge in [0.1, 0.15) is 10.7 Å². The second-order valence-corrected chi connectivity index (χ2v) is 5.04. The summed E-state index contributed by atoms with van der Waals surface area (Å²) < 4.78 is 1.77. The van der Waals surface area contributed by atoms with Crippen molar-refractivity contribution in [3.05, 3.63) is 22.3 Å². The minimum absolute atomic E-state index is 0.222. The molecule has 102 valence electrons. The van der Waals surface area contributed by atoms with Gasteiger partial charge in [0, 0.05) is 31.9 Å². The zero-order valence-electron chi connectivity index (χ0n) is 11.0. The molecule has 2 heterocycles. The molecule has 0 aliphatic rings. The molecule has 7 nitrogen and oxygen atoms in total. The summed E-state index contributed by atoms with van der Waals surface area (Å²) in [6.45, 7) is 2.37. The number of nitrogens with zero attached hydrogens (tertiary/aromatic N) is 3. The quantitative estimate of drug-likeness (QED) is 0.767. The number of carbonyl (C=O) groups excluding carboxylic acids is 1. The van der Waals surface area contributed by atoms with Crippen LogP contribution in [0, 0.1) is 6.92 Å². The number of hydrogen-bond acceptors (Lipinski definition) is 6. The second kappa shape index (κ2) is 5.27. The van der Waals surface area contributed by atoms with Gasteiger partial charge in [0.25, 0.3) is 5.91 Å². The number of amides is 1. The van der Waals surface area contributed by atoms with Crippen LogP contribution >= 0.6 is 11.3 Å². The summed E-state index contributed by atoms with van der Waals surface area (Å²) in [6, 6.07) is 0. The number of rotatable bonds is 4. The maximum absolute atomic E-state index is 12.0. The van der Waals surface area contributed by atoms with Crippen molar-refractivity contribution in [2.45, 2.75) is 13.5 Å². The van der Waals surface area contributed by atoms with Crippen molar-refractivity contribution >= 4 is 28.2 Å². The molecule has 0 saturated carbocycles. The van der Waals surface area contributed by atoms with Crippen LogP contribution in [0.25, 0.3) is 0 Å². The van der Waals surface area contributed by atoms with E-state index in [4.69, 9.17) is 5.73 Å². The molecule has 0 spiro atoms. The first-order valence-electron chi connectivity index (χ1n) is 5.72. The summed E-state index contributed by atoms with van der Waals surface area (Å²) in [4.78, 5) is 16.5. The van der Waals surface area contributed by atoms with Gasteiger partial charge >= 0.3 is 0 Å². The highest BCUT2D eigenvalue weighted by atomic mass is 32.1. The fourth-order valence-corrected chi connectivity index (χ4v) is 2.33. The van der Waals surface area contributed by atoms with E-state index in [0.29, 0.717) is 16.6 Å². The zero-order chi connectivity index (χ0) is 14.0. The SMILES string of the molecule is CNc1nc(N)c(C(=O)NCc2cnn(C)c2C)s1. The predicted octanol–water partition coefficient (Wildman–Crippen LogP) is 0.739. The molecule has 0 aromatic carbocycles. The Hall–Kier alpha value is -2.09. The third kappa shape index (κ3) is 2.68. The standard InChI is InChI=1S/C11H16N6OS/c1-6-7(5-15-17(6)3)4-14-10(18)8-9(12)16-11(13-2)19-8/h5H,4,12H2,1-3H3,(H,13,16)(H,14,18). The summed E-state index contributed by atoms with van der Waals surface area (Å²) in [5.41, 5.74) is 7.70. The molecule has 0 bridgehead atoms. The number of thiazole rings is 1. The molecule has 0 atom stereocenters. The summed E-state index contributed by atoms with van der Waals surface area (Å²) in [5, 5.41) is 10.4. The van der Waals surface area contributed by atoms with Crippen LogP contribution in [-0.4, -0.2) is 27.7 Å². The lowest BCUT2D eigenvalue weighted by atomic mass is 10.2. The Morgan fingerprint density at radius 2 is 2.32 bits per heavy atom. The van der Waals surface area contributed by atoms with E-state index in [1.807, 2.05) is 14.0 Å². The third-order valence-electron chi connectivity index (χ3n) is 2.85. The molecule has 0 saturated heterocycles. The van der Waals surface area contributed by atoms with Crippen molar-refractivity contribution in [2.75, 3.05) is 18.1 Å². The summed E-state index contributed by atoms with van der Waals surface area (Å²) in [7, 11) is 3.60. The summed E-state index contributed by atoms with van der Waals surface area (Å²) in [5.74, 6) is 0.0227. The fraction of sp³-hybridized carbons (Fsp3) is 0.364. The first kappa shape index (κ1) is 13.3. The van der Waals surface area contributed by atoms with E-state index in [-0.39, 0.29) is 11.7 Å². The molecular formula is C11H16N6OS. The van der Waals surface area contributed by atoms with Crippen molar-refractivity contribution < 1.29 is 4.79 Å². The number of anilines is 2. The topological polar surface area (TPSA) is 97.9 Å². The molecule has 0 unspecified atom stereocenters. The summed E-state index contributed by atoms with van der Waals surface area (Å²) >= 11 is 1.23. The maximum atomic E-state index is 12.0. The molecule has 0 aliphatic heterocycles. The van der Waals surface area contributed by atoms with Gasteiger partial charge < -0.3 is 16.4 Å². The Morgan fingerprint density at radius 1 is 1.58 bits per heavy atom. The molecule has 0 fully saturated rings. The van der Waals surface area contributed by atoms with Crippen LogP contribution in [0.2, 0.25) is 0 Å². The molecule has 4 N–H and O–H groups in total.